The number of phenols is 2. The van der Waals surface area contributed by atoms with Crippen LogP contribution >= 0.6 is 137 Å². The summed E-state index contributed by atoms with van der Waals surface area (Å²) in [5, 5.41) is 21.0. The Balaban J connectivity index is 0.00000171. The van der Waals surface area contributed by atoms with Crippen molar-refractivity contribution in [1.82, 2.24) is 0 Å². The molecule has 5 rings (SSSR count). The van der Waals surface area contributed by atoms with Crippen LogP contribution < -0.4 is 108 Å². The Hall–Kier alpha value is 3.88. The summed E-state index contributed by atoms with van der Waals surface area (Å²) < 4.78 is 14.1. The Morgan fingerprint density at radius 2 is 1.20 bits per heavy atom. The molecule has 0 amide bonds. The molecular weight excluding hydrogens is 1050 g/mol. The van der Waals surface area contributed by atoms with Gasteiger partial charge in [0, 0.05) is 5.56 Å². The molecular formula is C20H6Cl4I4K2O5. The second-order valence-electron chi connectivity index (χ2n) is 6.97. The number of carbonyl (C=O) groups is 1. The molecule has 2 N–H and O–H groups in total. The zero-order valence-corrected chi connectivity index (χ0v) is 35.2. The number of fused-ring (bicyclic) bond motifs is 6. The fraction of sp³-hybridized carbons (Fsp3) is 0.0500. The minimum absolute atomic E-state index is 0. The topological polar surface area (TPSA) is 76.0 Å². The molecule has 15 heteroatoms. The predicted molar refractivity (Wildman–Crippen MR) is 161 cm³/mol. The maximum Gasteiger partial charge on any atom is 1.00 e. The van der Waals surface area contributed by atoms with E-state index in [1.54, 1.807) is 12.1 Å². The molecule has 174 valence electrons. The van der Waals surface area contributed by atoms with E-state index < -0.39 is 11.6 Å². The van der Waals surface area contributed by atoms with Crippen LogP contribution in [0.1, 0.15) is 29.9 Å². The van der Waals surface area contributed by atoms with E-state index in [0.717, 1.165) is 0 Å². The van der Waals surface area contributed by atoms with E-state index in [-0.39, 0.29) is 160 Å². The van der Waals surface area contributed by atoms with E-state index in [0.29, 0.717) is 25.4 Å². The van der Waals surface area contributed by atoms with Gasteiger partial charge in [-0.3, -0.25) is 0 Å². The van der Waals surface area contributed by atoms with Gasteiger partial charge in [-0.25, -0.2) is 4.79 Å². The van der Waals surface area contributed by atoms with Crippen molar-refractivity contribution in [1.29, 1.82) is 0 Å². The van der Waals surface area contributed by atoms with Gasteiger partial charge in [-0.2, -0.15) is 0 Å². The Labute approximate surface area is 361 Å². The number of benzene rings is 3. The third-order valence-corrected chi connectivity index (χ3v) is 10.8. The molecule has 0 fully saturated rings. The van der Waals surface area contributed by atoms with E-state index >= 15 is 0 Å². The second-order valence-corrected chi connectivity index (χ2v) is 13.0. The summed E-state index contributed by atoms with van der Waals surface area (Å²) in [4.78, 5) is 13.3. The molecule has 0 atom stereocenters. The molecule has 0 aromatic heterocycles. The molecule has 3 aromatic rings. The summed E-state index contributed by atoms with van der Waals surface area (Å²) >= 11 is 33.7. The van der Waals surface area contributed by atoms with Gasteiger partial charge in [0.1, 0.15) is 11.5 Å². The number of ether oxygens (including phenoxy) is 2. The molecule has 1 spiro atoms. The zero-order chi connectivity index (χ0) is 24.1. The summed E-state index contributed by atoms with van der Waals surface area (Å²) in [5.41, 5.74) is -0.574. The molecule has 0 saturated carbocycles. The van der Waals surface area contributed by atoms with Gasteiger partial charge in [-0.1, -0.05) is 46.4 Å². The van der Waals surface area contributed by atoms with Gasteiger partial charge in [0.25, 0.3) is 0 Å². The van der Waals surface area contributed by atoms with Gasteiger partial charge in [-0.05, 0) is 102 Å². The fourth-order valence-electron chi connectivity index (χ4n) is 3.93. The van der Waals surface area contributed by atoms with Gasteiger partial charge in [0.2, 0.25) is 0 Å². The summed E-state index contributed by atoms with van der Waals surface area (Å²) in [7, 11) is 0. The minimum Gasteiger partial charge on any atom is -1.00 e. The van der Waals surface area contributed by atoms with Crippen molar-refractivity contribution in [3.05, 3.63) is 68.8 Å². The first-order chi connectivity index (χ1) is 15.4. The molecule has 2 aliphatic rings. The maximum absolute atomic E-state index is 13.3. The van der Waals surface area contributed by atoms with Crippen molar-refractivity contribution in [2.75, 3.05) is 0 Å². The van der Waals surface area contributed by atoms with Crippen LogP contribution in [0.25, 0.3) is 0 Å². The zero-order valence-electron chi connectivity index (χ0n) is 19.3. The van der Waals surface area contributed by atoms with Crippen molar-refractivity contribution >= 4 is 143 Å². The van der Waals surface area contributed by atoms with Gasteiger partial charge >= 0.3 is 109 Å². The summed E-state index contributed by atoms with van der Waals surface area (Å²) in [6, 6.07) is 3.30. The predicted octanol–water partition coefficient (Wildman–Crippen LogP) is 2.93. The van der Waals surface area contributed by atoms with Crippen LogP contribution in [-0.4, -0.2) is 16.2 Å². The number of aromatic hydroxyl groups is 2. The number of halogens is 8. The van der Waals surface area contributed by atoms with E-state index in [1.807, 2.05) is 90.4 Å². The van der Waals surface area contributed by atoms with Crippen molar-refractivity contribution in [3.63, 3.8) is 0 Å². The molecule has 5 nitrogen and oxygen atoms in total. The van der Waals surface area contributed by atoms with Crippen molar-refractivity contribution in [2.45, 2.75) is 5.60 Å². The average Bonchev–Trinajstić information content (AvgIpc) is 3.08. The Kier molecular flexibility index (Phi) is 11.7. The SMILES string of the molecule is O=C1OC2(c3cc(I)c(O)c(I)c3Oc3c2cc(I)c(O)c3I)c2c(Cl)c(Cl)c(Cl)c(Cl)c21.[H-].[H-].[K+].[K+]. The van der Waals surface area contributed by atoms with Crippen molar-refractivity contribution < 1.29 is 130 Å². The van der Waals surface area contributed by atoms with Crippen LogP contribution in [0, 0.1) is 14.3 Å². The van der Waals surface area contributed by atoms with E-state index in [2.05, 4.69) is 0 Å². The molecule has 3 aromatic carbocycles. The molecule has 0 radical (unpaired) electrons. The van der Waals surface area contributed by atoms with Gasteiger partial charge < -0.3 is 22.5 Å². The Morgan fingerprint density at radius 1 is 0.771 bits per heavy atom. The smallest absolute Gasteiger partial charge is 1.00 e. The van der Waals surface area contributed by atoms with Gasteiger partial charge in [0.05, 0.1) is 51.1 Å². The van der Waals surface area contributed by atoms with Gasteiger partial charge in [0.15, 0.2) is 17.1 Å². The molecule has 0 unspecified atom stereocenters. The van der Waals surface area contributed by atoms with Crippen LogP contribution in [-0.2, 0) is 10.3 Å². The summed E-state index contributed by atoms with van der Waals surface area (Å²) in [6.45, 7) is 0. The molecule has 2 aliphatic heterocycles. The first-order valence-electron chi connectivity index (χ1n) is 8.63. The summed E-state index contributed by atoms with van der Waals surface area (Å²) in [6.07, 6.45) is 0. The Morgan fingerprint density at radius 3 is 1.66 bits per heavy atom. The largest absolute Gasteiger partial charge is 1.00 e. The third kappa shape index (κ3) is 4.99. The van der Waals surface area contributed by atoms with Crippen LogP contribution in [0.5, 0.6) is 23.0 Å². The average molecular weight is 1050 g/mol. The monoisotopic (exact) mass is 1050 g/mol. The normalized spacial score (nSPS) is 14.2. The second kappa shape index (κ2) is 12.2. The van der Waals surface area contributed by atoms with Crippen LogP contribution in [0.4, 0.5) is 0 Å². The minimum atomic E-state index is -1.62. The molecule has 0 bridgehead atoms. The molecule has 0 aliphatic carbocycles. The molecule has 2 heterocycles. The van der Waals surface area contributed by atoms with Crippen LogP contribution in [0.2, 0.25) is 20.1 Å². The molecule has 0 saturated heterocycles. The van der Waals surface area contributed by atoms with Gasteiger partial charge in [-0.15, -0.1) is 0 Å². The first-order valence-corrected chi connectivity index (χ1v) is 14.5. The van der Waals surface area contributed by atoms with E-state index in [4.69, 9.17) is 55.9 Å². The Bertz CT molecular complexity index is 1420. The van der Waals surface area contributed by atoms with Crippen molar-refractivity contribution in [2.24, 2.45) is 0 Å². The van der Waals surface area contributed by atoms with Crippen LogP contribution in [0.3, 0.4) is 0 Å². The number of phenolic OH excluding ortho intramolecular Hbond substituents is 2. The number of carbonyl (C=O) groups excluding carboxylic acids is 1. The standard InChI is InChI=1S/C20H4Cl4I4O5.2K.2H/c21-9-7-8(10(22)12(24)11(9)23)20(33-19(7)31)3-1-5(25)15(29)13(27)17(3)32-18-4(20)2-6(26)16(30)14(18)28;;;;/h1-2,29-30H;;;;/q;2*+1;2*-1. The van der Waals surface area contributed by atoms with E-state index in [1.165, 1.54) is 0 Å². The number of rotatable bonds is 0. The number of hydrogen-bond acceptors (Lipinski definition) is 5. The van der Waals surface area contributed by atoms with E-state index in [9.17, 15) is 15.0 Å². The fourth-order valence-corrected chi connectivity index (χ4v) is 8.57. The summed E-state index contributed by atoms with van der Waals surface area (Å²) in [5.74, 6) is -0.246. The van der Waals surface area contributed by atoms with Crippen molar-refractivity contribution in [3.8, 4) is 23.0 Å². The number of esters is 1. The number of hydrogen-bond donors (Lipinski definition) is 2. The van der Waals surface area contributed by atoms with Crippen LogP contribution in [0.15, 0.2) is 12.1 Å². The quantitative estimate of drug-likeness (QED) is 0.119. The maximum atomic E-state index is 13.3. The first kappa shape index (κ1) is 33.4. The molecule has 35 heavy (non-hydrogen) atoms. The third-order valence-electron chi connectivity index (χ3n) is 5.33.